The molecule has 0 saturated carbocycles. The number of nitrogens with zero attached hydrogens (tertiary/aromatic N) is 1. The van der Waals surface area contributed by atoms with E-state index in [0.717, 1.165) is 5.56 Å². The van der Waals surface area contributed by atoms with E-state index >= 15 is 0 Å². The van der Waals surface area contributed by atoms with Gasteiger partial charge in [-0.05, 0) is 31.2 Å². The second-order valence-electron chi connectivity index (χ2n) is 5.48. The smallest absolute Gasteiger partial charge is 0.338 e. The molecule has 1 heterocycles. The number of benzene rings is 2. The summed E-state index contributed by atoms with van der Waals surface area (Å²) >= 11 is 0. The second kappa shape index (κ2) is 6.02. The molecule has 0 aromatic heterocycles. The first-order valence-electron chi connectivity index (χ1n) is 7.17. The zero-order chi connectivity index (χ0) is 15.4. The lowest BCUT2D eigenvalue weighted by Crippen LogP contribution is -2.36. The fourth-order valence-electron chi connectivity index (χ4n) is 2.22. The minimum Gasteiger partial charge on any atom is -0.466 e. The van der Waals surface area contributed by atoms with Gasteiger partial charge in [0.05, 0.1) is 12.1 Å². The third kappa shape index (κ3) is 3.17. The summed E-state index contributed by atoms with van der Waals surface area (Å²) in [5.74, 6) is 0.248. The maximum Gasteiger partial charge on any atom is 0.338 e. The van der Waals surface area contributed by atoms with E-state index in [-0.39, 0.29) is 12.6 Å². The molecule has 2 aromatic rings. The summed E-state index contributed by atoms with van der Waals surface area (Å²) in [6.07, 6.45) is 0. The van der Waals surface area contributed by atoms with Crippen molar-refractivity contribution in [2.24, 2.45) is 4.99 Å². The van der Waals surface area contributed by atoms with Crippen LogP contribution in [0, 0.1) is 0 Å². The molecule has 0 amide bonds. The van der Waals surface area contributed by atoms with Gasteiger partial charge in [0.25, 0.3) is 0 Å². The van der Waals surface area contributed by atoms with Gasteiger partial charge < -0.3 is 9.47 Å². The highest BCUT2D eigenvalue weighted by Crippen LogP contribution is 2.22. The number of carbonyl (C=O) groups excluding carboxylic acids is 1. The number of ether oxygens (including phenoxy) is 2. The van der Waals surface area contributed by atoms with Crippen molar-refractivity contribution in [3.05, 3.63) is 71.8 Å². The highest BCUT2D eigenvalue weighted by molar-refractivity contribution is 5.95. The number of hydrogen-bond acceptors (Lipinski definition) is 4. The summed E-state index contributed by atoms with van der Waals surface area (Å²) < 4.78 is 11.3. The predicted molar refractivity (Wildman–Crippen MR) is 84.1 cm³/mol. The van der Waals surface area contributed by atoms with Crippen molar-refractivity contribution < 1.29 is 14.3 Å². The van der Waals surface area contributed by atoms with Crippen molar-refractivity contribution >= 4 is 11.9 Å². The highest BCUT2D eigenvalue weighted by Gasteiger charge is 2.35. The fraction of sp³-hybridized carbons (Fsp3) is 0.222. The molecule has 0 bridgehead atoms. The normalized spacial score (nSPS) is 20.1. The van der Waals surface area contributed by atoms with Gasteiger partial charge in [0.2, 0.25) is 5.90 Å². The molecule has 4 nitrogen and oxygen atoms in total. The molecule has 1 aliphatic heterocycles. The van der Waals surface area contributed by atoms with E-state index in [1.807, 2.05) is 43.3 Å². The molecule has 1 atom stereocenters. The van der Waals surface area contributed by atoms with Gasteiger partial charge in [-0.3, -0.25) is 0 Å². The summed E-state index contributed by atoms with van der Waals surface area (Å²) in [7, 11) is 0. The Balaban J connectivity index is 1.59. The quantitative estimate of drug-likeness (QED) is 0.814. The van der Waals surface area contributed by atoms with Crippen molar-refractivity contribution in [2.45, 2.75) is 12.5 Å². The number of aliphatic imine (C=N–C) groups is 1. The molecule has 0 N–H and O–H groups in total. The molecule has 0 spiro atoms. The van der Waals surface area contributed by atoms with Crippen molar-refractivity contribution in [1.82, 2.24) is 0 Å². The van der Waals surface area contributed by atoms with Crippen LogP contribution in [0.4, 0.5) is 0 Å². The molecule has 3 rings (SSSR count). The molecule has 1 unspecified atom stereocenters. The van der Waals surface area contributed by atoms with Crippen molar-refractivity contribution in [3.63, 3.8) is 0 Å². The highest BCUT2D eigenvalue weighted by atomic mass is 16.6. The molecular weight excluding hydrogens is 278 g/mol. The Kier molecular flexibility index (Phi) is 3.92. The molecule has 1 aliphatic rings. The fourth-order valence-corrected chi connectivity index (χ4v) is 2.22. The molecule has 2 aromatic carbocycles. The zero-order valence-electron chi connectivity index (χ0n) is 12.4. The number of carbonyl (C=O) groups is 1. The zero-order valence-corrected chi connectivity index (χ0v) is 12.4. The molecule has 0 fully saturated rings. The lowest BCUT2D eigenvalue weighted by Gasteiger charge is -2.23. The minimum atomic E-state index is -0.615. The van der Waals surface area contributed by atoms with Gasteiger partial charge in [0.15, 0.2) is 5.60 Å². The van der Waals surface area contributed by atoms with E-state index in [4.69, 9.17) is 9.47 Å². The van der Waals surface area contributed by atoms with Gasteiger partial charge in [-0.15, -0.1) is 0 Å². The number of rotatable bonds is 4. The topological polar surface area (TPSA) is 47.9 Å². The predicted octanol–water partition coefficient (Wildman–Crippen LogP) is 3.08. The van der Waals surface area contributed by atoms with Crippen molar-refractivity contribution in [2.75, 3.05) is 13.2 Å². The standard InChI is InChI=1S/C18H17NO3/c1-18(13-21-17(20)15-10-6-3-7-11-15)12-19-16(22-18)14-8-4-2-5-9-14/h2-11H,12-13H2,1H3. The van der Waals surface area contributed by atoms with E-state index in [9.17, 15) is 4.79 Å². The Morgan fingerprint density at radius 2 is 1.77 bits per heavy atom. The summed E-state index contributed by atoms with van der Waals surface area (Å²) in [5, 5.41) is 0. The van der Waals surface area contributed by atoms with Crippen LogP contribution in [0.25, 0.3) is 0 Å². The summed E-state index contributed by atoms with van der Waals surface area (Å²) in [5.41, 5.74) is 0.851. The second-order valence-corrected chi connectivity index (χ2v) is 5.48. The summed E-state index contributed by atoms with van der Waals surface area (Å²) in [4.78, 5) is 16.4. The van der Waals surface area contributed by atoms with Crippen LogP contribution in [-0.4, -0.2) is 30.6 Å². The first-order valence-corrected chi connectivity index (χ1v) is 7.17. The largest absolute Gasteiger partial charge is 0.466 e. The maximum absolute atomic E-state index is 12.0. The summed E-state index contributed by atoms with van der Waals surface area (Å²) in [6.45, 7) is 2.53. The number of hydrogen-bond donors (Lipinski definition) is 0. The lowest BCUT2D eigenvalue weighted by atomic mass is 10.1. The Labute approximate surface area is 129 Å². The average molecular weight is 295 g/mol. The van der Waals surface area contributed by atoms with Crippen LogP contribution in [0.5, 0.6) is 0 Å². The van der Waals surface area contributed by atoms with Gasteiger partial charge in [0.1, 0.15) is 6.61 Å². The Morgan fingerprint density at radius 3 is 2.45 bits per heavy atom. The third-order valence-corrected chi connectivity index (χ3v) is 3.44. The molecule has 0 saturated heterocycles. The van der Waals surface area contributed by atoms with Crippen LogP contribution in [-0.2, 0) is 9.47 Å². The van der Waals surface area contributed by atoms with Crippen LogP contribution in [0.1, 0.15) is 22.8 Å². The van der Waals surface area contributed by atoms with Gasteiger partial charge >= 0.3 is 5.97 Å². The van der Waals surface area contributed by atoms with Crippen LogP contribution in [0.3, 0.4) is 0 Å². The van der Waals surface area contributed by atoms with Crippen molar-refractivity contribution in [3.8, 4) is 0 Å². The number of esters is 1. The third-order valence-electron chi connectivity index (χ3n) is 3.44. The molecule has 112 valence electrons. The summed E-state index contributed by atoms with van der Waals surface area (Å²) in [6, 6.07) is 18.6. The van der Waals surface area contributed by atoms with Crippen molar-refractivity contribution in [1.29, 1.82) is 0 Å². The van der Waals surface area contributed by atoms with Crippen LogP contribution in [0.2, 0.25) is 0 Å². The first-order chi connectivity index (χ1) is 10.7. The molecule has 4 heteroatoms. The average Bonchev–Trinajstić information content (AvgIpc) is 2.97. The van der Waals surface area contributed by atoms with E-state index < -0.39 is 5.60 Å². The van der Waals surface area contributed by atoms with Gasteiger partial charge in [-0.1, -0.05) is 36.4 Å². The van der Waals surface area contributed by atoms with E-state index in [2.05, 4.69) is 4.99 Å². The maximum atomic E-state index is 12.0. The van der Waals surface area contributed by atoms with E-state index in [1.54, 1.807) is 24.3 Å². The molecular formula is C18H17NO3. The van der Waals surface area contributed by atoms with Crippen LogP contribution >= 0.6 is 0 Å². The van der Waals surface area contributed by atoms with Gasteiger partial charge in [-0.2, -0.15) is 0 Å². The monoisotopic (exact) mass is 295 g/mol. The van der Waals surface area contributed by atoms with Crippen LogP contribution < -0.4 is 0 Å². The first kappa shape index (κ1) is 14.3. The van der Waals surface area contributed by atoms with E-state index in [1.165, 1.54) is 0 Å². The van der Waals surface area contributed by atoms with Gasteiger partial charge in [-0.25, -0.2) is 9.79 Å². The molecule has 0 aliphatic carbocycles. The molecule has 0 radical (unpaired) electrons. The Hall–Kier alpha value is -2.62. The van der Waals surface area contributed by atoms with Crippen LogP contribution in [0.15, 0.2) is 65.7 Å². The van der Waals surface area contributed by atoms with Gasteiger partial charge in [0, 0.05) is 5.56 Å². The minimum absolute atomic E-state index is 0.167. The Morgan fingerprint density at radius 1 is 1.14 bits per heavy atom. The SMILES string of the molecule is CC1(COC(=O)c2ccccc2)CN=C(c2ccccc2)O1. The molecule has 22 heavy (non-hydrogen) atoms. The van der Waals surface area contributed by atoms with E-state index in [0.29, 0.717) is 18.0 Å². The Bertz CT molecular complexity index is 682. The lowest BCUT2D eigenvalue weighted by molar-refractivity contribution is 0.00223.